The molecular formula is C14H16BrF2NO2. The van der Waals surface area contributed by atoms with Gasteiger partial charge in [0, 0.05) is 11.6 Å². The van der Waals surface area contributed by atoms with E-state index < -0.39 is 23.6 Å². The van der Waals surface area contributed by atoms with Gasteiger partial charge in [-0.1, -0.05) is 0 Å². The average molecular weight is 348 g/mol. The zero-order valence-corrected chi connectivity index (χ0v) is 12.7. The molecule has 0 spiro atoms. The number of benzene rings is 1. The van der Waals surface area contributed by atoms with Crippen LogP contribution in [0.4, 0.5) is 8.78 Å². The quantitative estimate of drug-likeness (QED) is 0.654. The molecule has 1 aliphatic rings. The third-order valence-electron chi connectivity index (χ3n) is 3.30. The number of nitrogens with two attached hydrogens (primary N) is 1. The van der Waals surface area contributed by atoms with Crippen LogP contribution in [-0.2, 0) is 9.53 Å². The topological polar surface area (TPSA) is 52.3 Å². The molecule has 1 fully saturated rings. The Morgan fingerprint density at radius 2 is 2.15 bits per heavy atom. The van der Waals surface area contributed by atoms with Crippen LogP contribution in [-0.4, -0.2) is 12.6 Å². The Labute approximate surface area is 124 Å². The molecule has 110 valence electrons. The molecule has 20 heavy (non-hydrogen) atoms. The molecule has 6 heteroatoms. The summed E-state index contributed by atoms with van der Waals surface area (Å²) in [7, 11) is 0. The second kappa shape index (κ2) is 6.18. The first-order valence-corrected chi connectivity index (χ1v) is 7.33. The molecule has 0 amide bonds. The van der Waals surface area contributed by atoms with Crippen molar-refractivity contribution in [2.75, 3.05) is 6.61 Å². The van der Waals surface area contributed by atoms with Crippen molar-refractivity contribution in [1.29, 1.82) is 0 Å². The van der Waals surface area contributed by atoms with E-state index in [1.165, 1.54) is 6.07 Å². The number of halogens is 3. The Hall–Kier alpha value is -1.01. The lowest BCUT2D eigenvalue weighted by atomic mass is 9.98. The van der Waals surface area contributed by atoms with E-state index in [1.807, 2.05) is 0 Å². The molecule has 0 aromatic heterocycles. The number of carbonyl (C=O) groups is 1. The van der Waals surface area contributed by atoms with Crippen molar-refractivity contribution < 1.29 is 18.3 Å². The number of rotatable bonds is 5. The molecule has 0 saturated heterocycles. The predicted molar refractivity (Wildman–Crippen MR) is 74.2 cm³/mol. The SMILES string of the molecule is CCOC(=O)C[C@H](N)c1c(F)c(Br)cc(C2CC2)c1F. The van der Waals surface area contributed by atoms with Gasteiger partial charge in [-0.15, -0.1) is 0 Å². The highest BCUT2D eigenvalue weighted by Gasteiger charge is 2.32. The minimum absolute atomic E-state index is 0.125. The van der Waals surface area contributed by atoms with Gasteiger partial charge in [0.1, 0.15) is 11.6 Å². The van der Waals surface area contributed by atoms with Crippen LogP contribution >= 0.6 is 15.9 Å². The maximum Gasteiger partial charge on any atom is 0.307 e. The van der Waals surface area contributed by atoms with Gasteiger partial charge >= 0.3 is 5.97 Å². The van der Waals surface area contributed by atoms with Crippen LogP contribution in [0.25, 0.3) is 0 Å². The van der Waals surface area contributed by atoms with Gasteiger partial charge in [0.25, 0.3) is 0 Å². The Balaban J connectivity index is 2.31. The van der Waals surface area contributed by atoms with Gasteiger partial charge in [0.05, 0.1) is 17.5 Å². The van der Waals surface area contributed by atoms with Gasteiger partial charge in [0.2, 0.25) is 0 Å². The summed E-state index contributed by atoms with van der Waals surface area (Å²) in [5.41, 5.74) is 6.01. The number of carbonyl (C=O) groups excluding carboxylic acids is 1. The molecule has 3 nitrogen and oxygen atoms in total. The molecule has 1 saturated carbocycles. The van der Waals surface area contributed by atoms with Gasteiger partial charge in [-0.2, -0.15) is 0 Å². The highest BCUT2D eigenvalue weighted by Crippen LogP contribution is 2.44. The Bertz CT molecular complexity index is 532. The molecule has 2 N–H and O–H groups in total. The molecule has 1 aliphatic carbocycles. The van der Waals surface area contributed by atoms with Crippen molar-refractivity contribution in [2.45, 2.75) is 38.1 Å². The summed E-state index contributed by atoms with van der Waals surface area (Å²) in [6.07, 6.45) is 1.53. The van der Waals surface area contributed by atoms with Crippen molar-refractivity contribution in [3.63, 3.8) is 0 Å². The smallest absolute Gasteiger partial charge is 0.307 e. The monoisotopic (exact) mass is 347 g/mol. The van der Waals surface area contributed by atoms with E-state index in [0.717, 1.165) is 12.8 Å². The van der Waals surface area contributed by atoms with E-state index in [1.54, 1.807) is 6.92 Å². The van der Waals surface area contributed by atoms with E-state index >= 15 is 0 Å². The molecule has 1 atom stereocenters. The highest BCUT2D eigenvalue weighted by atomic mass is 79.9. The van der Waals surface area contributed by atoms with Crippen LogP contribution in [0.3, 0.4) is 0 Å². The first-order valence-electron chi connectivity index (χ1n) is 6.54. The summed E-state index contributed by atoms with van der Waals surface area (Å²) in [5, 5.41) is 0. The van der Waals surface area contributed by atoms with Crippen molar-refractivity contribution in [2.24, 2.45) is 5.73 Å². The fourth-order valence-corrected chi connectivity index (χ4v) is 2.62. The molecule has 1 aromatic carbocycles. The first kappa shape index (κ1) is 15.4. The Morgan fingerprint density at radius 1 is 1.50 bits per heavy atom. The normalized spacial score (nSPS) is 16.1. The molecule has 0 radical (unpaired) electrons. The molecule has 2 rings (SSSR count). The number of hydrogen-bond acceptors (Lipinski definition) is 3. The largest absolute Gasteiger partial charge is 0.466 e. The number of hydrogen-bond donors (Lipinski definition) is 1. The van der Waals surface area contributed by atoms with E-state index in [0.29, 0.717) is 5.56 Å². The molecule has 0 bridgehead atoms. The minimum atomic E-state index is -1.05. The van der Waals surface area contributed by atoms with Crippen LogP contribution in [0.2, 0.25) is 0 Å². The molecule has 0 unspecified atom stereocenters. The number of ether oxygens (including phenoxy) is 1. The fraction of sp³-hybridized carbons (Fsp3) is 0.500. The van der Waals surface area contributed by atoms with Gasteiger partial charge < -0.3 is 10.5 Å². The minimum Gasteiger partial charge on any atom is -0.466 e. The van der Waals surface area contributed by atoms with Gasteiger partial charge in [-0.25, -0.2) is 8.78 Å². The lowest BCUT2D eigenvalue weighted by Gasteiger charge is -2.16. The van der Waals surface area contributed by atoms with E-state index in [9.17, 15) is 13.6 Å². The fourth-order valence-electron chi connectivity index (χ4n) is 2.16. The third-order valence-corrected chi connectivity index (χ3v) is 3.88. The van der Waals surface area contributed by atoms with Gasteiger partial charge in [-0.3, -0.25) is 4.79 Å². The first-order chi connectivity index (χ1) is 9.45. The second-order valence-electron chi connectivity index (χ2n) is 4.88. The molecule has 0 aliphatic heterocycles. The van der Waals surface area contributed by atoms with Crippen LogP contribution < -0.4 is 5.73 Å². The zero-order valence-electron chi connectivity index (χ0n) is 11.1. The van der Waals surface area contributed by atoms with Crippen molar-refractivity contribution in [1.82, 2.24) is 0 Å². The Morgan fingerprint density at radius 3 is 2.70 bits per heavy atom. The number of esters is 1. The van der Waals surface area contributed by atoms with Crippen LogP contribution in [0, 0.1) is 11.6 Å². The molecular weight excluding hydrogens is 332 g/mol. The van der Waals surface area contributed by atoms with Gasteiger partial charge in [-0.05, 0) is 53.2 Å². The second-order valence-corrected chi connectivity index (χ2v) is 5.73. The maximum absolute atomic E-state index is 14.4. The van der Waals surface area contributed by atoms with Crippen molar-refractivity contribution in [3.05, 3.63) is 33.3 Å². The van der Waals surface area contributed by atoms with E-state index in [4.69, 9.17) is 10.5 Å². The van der Waals surface area contributed by atoms with Crippen LogP contribution in [0.15, 0.2) is 10.5 Å². The van der Waals surface area contributed by atoms with E-state index in [2.05, 4.69) is 15.9 Å². The maximum atomic E-state index is 14.4. The third kappa shape index (κ3) is 3.17. The average Bonchev–Trinajstić information content (AvgIpc) is 3.18. The molecule has 0 heterocycles. The summed E-state index contributed by atoms with van der Waals surface area (Å²) in [6, 6.07) is 0.409. The summed E-state index contributed by atoms with van der Waals surface area (Å²) >= 11 is 3.08. The van der Waals surface area contributed by atoms with Crippen LogP contribution in [0.1, 0.15) is 49.3 Å². The lowest BCUT2D eigenvalue weighted by molar-refractivity contribution is -0.143. The van der Waals surface area contributed by atoms with Crippen molar-refractivity contribution >= 4 is 21.9 Å². The zero-order chi connectivity index (χ0) is 14.9. The Kier molecular flexibility index (Phi) is 4.75. The van der Waals surface area contributed by atoms with Crippen LogP contribution in [0.5, 0.6) is 0 Å². The molecule has 1 aromatic rings. The standard InChI is InChI=1S/C14H16BrF2NO2/c1-2-20-11(19)6-10(18)12-13(16)8(7-3-4-7)5-9(15)14(12)17/h5,7,10H,2-4,6,18H2,1H3/t10-/m0/s1. The summed E-state index contributed by atoms with van der Waals surface area (Å²) in [5.74, 6) is -1.82. The van der Waals surface area contributed by atoms with Crippen molar-refractivity contribution in [3.8, 4) is 0 Å². The van der Waals surface area contributed by atoms with E-state index in [-0.39, 0.29) is 29.0 Å². The summed E-state index contributed by atoms with van der Waals surface area (Å²) in [6.45, 7) is 1.87. The predicted octanol–water partition coefficient (Wildman–Crippen LogP) is 3.56. The lowest BCUT2D eigenvalue weighted by Crippen LogP contribution is -2.20. The summed E-state index contributed by atoms with van der Waals surface area (Å²) in [4.78, 5) is 11.4. The van der Waals surface area contributed by atoms with Gasteiger partial charge in [0.15, 0.2) is 0 Å². The summed E-state index contributed by atoms with van der Waals surface area (Å²) < 4.78 is 33.4. The highest BCUT2D eigenvalue weighted by molar-refractivity contribution is 9.10.